The maximum Gasteiger partial charge on any atom is 0.273 e. The molecule has 2 amide bonds. The number of piperidine rings is 1. The number of nitrogens with zero attached hydrogens (tertiary/aromatic N) is 2. The zero-order valence-electron chi connectivity index (χ0n) is 15.1. The molecule has 0 spiro atoms. The second kappa shape index (κ2) is 8.51. The third-order valence-electron chi connectivity index (χ3n) is 4.94. The van der Waals surface area contributed by atoms with Gasteiger partial charge in [0.2, 0.25) is 5.91 Å². The number of hydrogen-bond donors (Lipinski definition) is 3. The fourth-order valence-corrected chi connectivity index (χ4v) is 3.48. The highest BCUT2D eigenvalue weighted by Crippen LogP contribution is 2.22. The number of amides is 2. The van der Waals surface area contributed by atoms with Crippen molar-refractivity contribution in [2.75, 3.05) is 13.1 Å². The Kier molecular flexibility index (Phi) is 6.61. The summed E-state index contributed by atoms with van der Waals surface area (Å²) >= 11 is 0. The van der Waals surface area contributed by atoms with Crippen molar-refractivity contribution in [3.8, 4) is 0 Å². The number of rotatable bonds is 4. The molecule has 0 saturated carbocycles. The van der Waals surface area contributed by atoms with Gasteiger partial charge in [-0.25, -0.2) is 0 Å². The molecule has 8 heteroatoms. The predicted octanol–water partition coefficient (Wildman–Crippen LogP) is 1.69. The van der Waals surface area contributed by atoms with Crippen LogP contribution in [-0.2, 0) is 4.79 Å². The van der Waals surface area contributed by atoms with Crippen LogP contribution >= 0.6 is 12.4 Å². The van der Waals surface area contributed by atoms with E-state index in [1.807, 2.05) is 29.2 Å². The standard InChI is InChI=1S/C18H25N5O2.ClH/c1-11-7-8-23(13(9-11)10-19)18(25)12(2)20-17(24)16-14-5-3-4-6-15(14)21-22-16;/h3-6,11-13H,7-10,19H2,1-2H3,(H,20,24)(H,21,22);1H. The highest BCUT2D eigenvalue weighted by Gasteiger charge is 2.32. The summed E-state index contributed by atoms with van der Waals surface area (Å²) in [7, 11) is 0. The van der Waals surface area contributed by atoms with Crippen LogP contribution < -0.4 is 11.1 Å². The molecule has 1 aromatic heterocycles. The van der Waals surface area contributed by atoms with Crippen LogP contribution in [0.3, 0.4) is 0 Å². The Balaban J connectivity index is 0.00000243. The molecular weight excluding hydrogens is 354 g/mol. The second-order valence-electron chi connectivity index (χ2n) is 6.86. The largest absolute Gasteiger partial charge is 0.339 e. The molecule has 142 valence electrons. The quantitative estimate of drug-likeness (QED) is 0.751. The summed E-state index contributed by atoms with van der Waals surface area (Å²) in [4.78, 5) is 27.1. The number of halogens is 1. The number of fused-ring (bicyclic) bond motifs is 1. The molecule has 26 heavy (non-hydrogen) atoms. The average molecular weight is 380 g/mol. The van der Waals surface area contributed by atoms with Crippen molar-refractivity contribution in [2.24, 2.45) is 11.7 Å². The van der Waals surface area contributed by atoms with Crippen LogP contribution in [0.15, 0.2) is 24.3 Å². The molecule has 0 radical (unpaired) electrons. The normalized spacial score (nSPS) is 21.1. The first-order chi connectivity index (χ1) is 12.0. The van der Waals surface area contributed by atoms with E-state index in [2.05, 4.69) is 22.4 Å². The summed E-state index contributed by atoms with van der Waals surface area (Å²) in [6, 6.07) is 6.83. The number of aromatic nitrogens is 2. The fourth-order valence-electron chi connectivity index (χ4n) is 3.48. The lowest BCUT2D eigenvalue weighted by atomic mass is 9.92. The van der Waals surface area contributed by atoms with Gasteiger partial charge in [-0.05, 0) is 31.7 Å². The molecule has 1 saturated heterocycles. The molecule has 2 aromatic rings. The van der Waals surface area contributed by atoms with Crippen molar-refractivity contribution in [2.45, 2.75) is 38.8 Å². The number of hydrogen-bond acceptors (Lipinski definition) is 4. The lowest BCUT2D eigenvalue weighted by Gasteiger charge is -2.39. The molecule has 4 N–H and O–H groups in total. The van der Waals surface area contributed by atoms with Crippen LogP contribution in [0.4, 0.5) is 0 Å². The monoisotopic (exact) mass is 379 g/mol. The number of carbonyl (C=O) groups excluding carboxylic acids is 2. The van der Waals surface area contributed by atoms with Crippen LogP contribution in [0.2, 0.25) is 0 Å². The van der Waals surface area contributed by atoms with Crippen LogP contribution in [0.1, 0.15) is 37.2 Å². The lowest BCUT2D eigenvalue weighted by molar-refractivity contribution is -0.136. The van der Waals surface area contributed by atoms with Gasteiger partial charge < -0.3 is 16.0 Å². The third kappa shape index (κ3) is 3.99. The summed E-state index contributed by atoms with van der Waals surface area (Å²) in [5.41, 5.74) is 6.93. The molecular formula is C18H26ClN5O2. The van der Waals surface area contributed by atoms with E-state index >= 15 is 0 Å². The first-order valence-corrected chi connectivity index (χ1v) is 8.75. The fraction of sp³-hybridized carbons (Fsp3) is 0.500. The number of carbonyl (C=O) groups is 2. The molecule has 1 aliphatic rings. The molecule has 3 rings (SSSR count). The van der Waals surface area contributed by atoms with Crippen LogP contribution in [0, 0.1) is 5.92 Å². The van der Waals surface area contributed by atoms with Gasteiger partial charge in [0.1, 0.15) is 6.04 Å². The summed E-state index contributed by atoms with van der Waals surface area (Å²) in [5, 5.41) is 10.4. The zero-order valence-corrected chi connectivity index (χ0v) is 15.9. The zero-order chi connectivity index (χ0) is 18.0. The van der Waals surface area contributed by atoms with E-state index in [0.29, 0.717) is 24.7 Å². The first kappa shape index (κ1) is 20.2. The molecule has 1 fully saturated rings. The predicted molar refractivity (Wildman–Crippen MR) is 103 cm³/mol. The Labute approximate surface area is 159 Å². The van der Waals surface area contributed by atoms with Crippen molar-refractivity contribution < 1.29 is 9.59 Å². The topological polar surface area (TPSA) is 104 Å². The number of benzene rings is 1. The molecule has 2 heterocycles. The van der Waals surface area contributed by atoms with E-state index in [0.717, 1.165) is 23.7 Å². The first-order valence-electron chi connectivity index (χ1n) is 8.75. The minimum atomic E-state index is -0.620. The molecule has 3 unspecified atom stereocenters. The van der Waals surface area contributed by atoms with E-state index in [9.17, 15) is 9.59 Å². The van der Waals surface area contributed by atoms with Gasteiger partial charge in [0.05, 0.1) is 5.52 Å². The molecule has 0 bridgehead atoms. The lowest BCUT2D eigenvalue weighted by Crippen LogP contribution is -2.55. The van der Waals surface area contributed by atoms with Gasteiger partial charge in [-0.15, -0.1) is 12.4 Å². The Morgan fingerprint density at radius 1 is 1.42 bits per heavy atom. The van der Waals surface area contributed by atoms with Gasteiger partial charge in [-0.3, -0.25) is 14.7 Å². The Hall–Kier alpha value is -2.12. The summed E-state index contributed by atoms with van der Waals surface area (Å²) in [6.45, 7) is 5.02. The van der Waals surface area contributed by atoms with E-state index in [1.165, 1.54) is 0 Å². The molecule has 7 nitrogen and oxygen atoms in total. The van der Waals surface area contributed by atoms with Crippen molar-refractivity contribution in [1.29, 1.82) is 0 Å². The Morgan fingerprint density at radius 2 is 2.15 bits per heavy atom. The summed E-state index contributed by atoms with van der Waals surface area (Å²) < 4.78 is 0. The van der Waals surface area contributed by atoms with E-state index < -0.39 is 6.04 Å². The van der Waals surface area contributed by atoms with Gasteiger partial charge in [-0.2, -0.15) is 5.10 Å². The van der Waals surface area contributed by atoms with Crippen molar-refractivity contribution >= 4 is 35.1 Å². The number of nitrogens with one attached hydrogen (secondary N) is 2. The van der Waals surface area contributed by atoms with Gasteiger partial charge >= 0.3 is 0 Å². The van der Waals surface area contributed by atoms with Crippen molar-refractivity contribution in [3.63, 3.8) is 0 Å². The van der Waals surface area contributed by atoms with Gasteiger partial charge in [0.25, 0.3) is 5.91 Å². The maximum absolute atomic E-state index is 12.8. The van der Waals surface area contributed by atoms with Crippen molar-refractivity contribution in [1.82, 2.24) is 20.4 Å². The number of likely N-dealkylation sites (tertiary alicyclic amines) is 1. The summed E-state index contributed by atoms with van der Waals surface area (Å²) in [6.07, 6.45) is 1.87. The number of aromatic amines is 1. The molecule has 3 atom stereocenters. The van der Waals surface area contributed by atoms with E-state index in [1.54, 1.807) is 6.92 Å². The second-order valence-corrected chi connectivity index (χ2v) is 6.86. The van der Waals surface area contributed by atoms with Crippen molar-refractivity contribution in [3.05, 3.63) is 30.0 Å². The maximum atomic E-state index is 12.8. The van der Waals surface area contributed by atoms with Crippen LogP contribution in [-0.4, -0.2) is 52.1 Å². The Morgan fingerprint density at radius 3 is 2.88 bits per heavy atom. The van der Waals surface area contributed by atoms with E-state index in [4.69, 9.17) is 5.73 Å². The number of H-pyrrole nitrogens is 1. The van der Waals surface area contributed by atoms with Gasteiger partial charge in [-0.1, -0.05) is 25.1 Å². The highest BCUT2D eigenvalue weighted by molar-refractivity contribution is 6.05. The van der Waals surface area contributed by atoms with Gasteiger partial charge in [0, 0.05) is 24.5 Å². The number of para-hydroxylation sites is 1. The summed E-state index contributed by atoms with van der Waals surface area (Å²) in [5.74, 6) is 0.126. The van der Waals surface area contributed by atoms with Crippen LogP contribution in [0.5, 0.6) is 0 Å². The minimum Gasteiger partial charge on any atom is -0.339 e. The highest BCUT2D eigenvalue weighted by atomic mass is 35.5. The smallest absolute Gasteiger partial charge is 0.273 e. The van der Waals surface area contributed by atoms with Crippen LogP contribution in [0.25, 0.3) is 10.9 Å². The molecule has 1 aromatic carbocycles. The van der Waals surface area contributed by atoms with Gasteiger partial charge in [0.15, 0.2) is 5.69 Å². The SMILES string of the molecule is CC1CCN(C(=O)C(C)NC(=O)c2n[nH]c3ccccc23)C(CN)C1.Cl. The van der Waals surface area contributed by atoms with E-state index in [-0.39, 0.29) is 30.3 Å². The average Bonchev–Trinajstić information content (AvgIpc) is 3.05. The molecule has 1 aliphatic heterocycles. The minimum absolute atomic E-state index is 0. The molecule has 0 aliphatic carbocycles. The third-order valence-corrected chi connectivity index (χ3v) is 4.94. The Bertz CT molecular complexity index is 778. The number of nitrogens with two attached hydrogens (primary N) is 1.